The Labute approximate surface area is 172 Å². The van der Waals surface area contributed by atoms with E-state index in [2.05, 4.69) is 5.32 Å². The molecule has 2 rings (SSSR count). The molecule has 8 heteroatoms. The molecule has 1 atom stereocenters. The van der Waals surface area contributed by atoms with Crippen LogP contribution in [0, 0.1) is 6.92 Å². The second-order valence-electron chi connectivity index (χ2n) is 6.73. The van der Waals surface area contributed by atoms with Crippen LogP contribution in [0.1, 0.15) is 31.2 Å². The van der Waals surface area contributed by atoms with Gasteiger partial charge in [-0.1, -0.05) is 26.0 Å². The van der Waals surface area contributed by atoms with Crippen LogP contribution in [-0.2, 0) is 21.4 Å². The molecule has 0 aliphatic rings. The van der Waals surface area contributed by atoms with Crippen LogP contribution >= 0.6 is 11.3 Å². The molecule has 1 aromatic heterocycles. The Morgan fingerprint density at radius 3 is 2.46 bits per heavy atom. The molecular formula is C20H29N3O3S2. The predicted octanol–water partition coefficient (Wildman–Crippen LogP) is 3.55. The van der Waals surface area contributed by atoms with Crippen LogP contribution in [0.25, 0.3) is 0 Å². The number of thiophene rings is 1. The van der Waals surface area contributed by atoms with E-state index in [0.29, 0.717) is 30.9 Å². The van der Waals surface area contributed by atoms with E-state index in [4.69, 9.17) is 0 Å². The van der Waals surface area contributed by atoms with Crippen molar-refractivity contribution in [2.24, 2.45) is 0 Å². The first-order valence-corrected chi connectivity index (χ1v) is 11.7. The van der Waals surface area contributed by atoms with Gasteiger partial charge in [0.1, 0.15) is 0 Å². The van der Waals surface area contributed by atoms with Crippen LogP contribution in [0.15, 0.2) is 40.6 Å². The highest BCUT2D eigenvalue weighted by Crippen LogP contribution is 2.24. The lowest BCUT2D eigenvalue weighted by Crippen LogP contribution is -2.39. The van der Waals surface area contributed by atoms with Crippen molar-refractivity contribution in [2.45, 2.75) is 45.2 Å². The molecule has 154 valence electrons. The molecule has 0 bridgehead atoms. The summed E-state index contributed by atoms with van der Waals surface area (Å²) in [6.07, 6.45) is 0. The van der Waals surface area contributed by atoms with E-state index in [9.17, 15) is 13.2 Å². The summed E-state index contributed by atoms with van der Waals surface area (Å²) < 4.78 is 27.2. The van der Waals surface area contributed by atoms with Gasteiger partial charge < -0.3 is 5.32 Å². The van der Waals surface area contributed by atoms with Gasteiger partial charge in [0, 0.05) is 30.2 Å². The molecule has 6 nitrogen and oxygen atoms in total. The molecule has 0 saturated heterocycles. The van der Waals surface area contributed by atoms with Gasteiger partial charge in [-0.2, -0.15) is 4.31 Å². The Balaban J connectivity index is 2.17. The molecule has 1 unspecified atom stereocenters. The first-order chi connectivity index (χ1) is 13.2. The number of anilines is 1. The van der Waals surface area contributed by atoms with E-state index < -0.39 is 10.0 Å². The molecule has 0 aliphatic carbocycles. The monoisotopic (exact) mass is 423 g/mol. The van der Waals surface area contributed by atoms with Crippen molar-refractivity contribution in [1.82, 2.24) is 9.21 Å². The van der Waals surface area contributed by atoms with E-state index in [1.807, 2.05) is 50.2 Å². The standard InChI is InChI=1S/C20H29N3O3S2/c1-6-23(7-2)28(25,26)19-13-17(11-10-15(19)3)21-20(24)16(4)22(5)14-18-9-8-12-27-18/h8-13,16H,6-7,14H2,1-5H3,(H,21,24). The van der Waals surface area contributed by atoms with Crippen molar-refractivity contribution < 1.29 is 13.2 Å². The molecule has 0 aliphatic heterocycles. The molecule has 1 aromatic carbocycles. The molecule has 1 heterocycles. The van der Waals surface area contributed by atoms with Gasteiger partial charge in [0.15, 0.2) is 0 Å². The smallest absolute Gasteiger partial charge is 0.243 e. The van der Waals surface area contributed by atoms with Gasteiger partial charge >= 0.3 is 0 Å². The molecule has 1 N–H and O–H groups in total. The number of likely N-dealkylation sites (N-methyl/N-ethyl adjacent to an activating group) is 1. The van der Waals surface area contributed by atoms with Crippen LogP contribution in [0.4, 0.5) is 5.69 Å². The lowest BCUT2D eigenvalue weighted by atomic mass is 10.2. The number of aryl methyl sites for hydroxylation is 1. The van der Waals surface area contributed by atoms with Gasteiger partial charge in [-0.05, 0) is 50.0 Å². The second-order valence-corrected chi connectivity index (χ2v) is 9.67. The molecule has 28 heavy (non-hydrogen) atoms. The van der Waals surface area contributed by atoms with Gasteiger partial charge in [0.05, 0.1) is 10.9 Å². The maximum Gasteiger partial charge on any atom is 0.243 e. The summed E-state index contributed by atoms with van der Waals surface area (Å²) in [6.45, 7) is 8.71. The lowest BCUT2D eigenvalue weighted by Gasteiger charge is -2.24. The van der Waals surface area contributed by atoms with Crippen LogP contribution in [0.3, 0.4) is 0 Å². The highest BCUT2D eigenvalue weighted by molar-refractivity contribution is 7.89. The normalized spacial score (nSPS) is 13.1. The average Bonchev–Trinajstić information content (AvgIpc) is 3.16. The summed E-state index contributed by atoms with van der Waals surface area (Å²) in [6, 6.07) is 8.68. The number of hydrogen-bond acceptors (Lipinski definition) is 5. The predicted molar refractivity (Wildman–Crippen MR) is 115 cm³/mol. The van der Waals surface area contributed by atoms with Crippen molar-refractivity contribution in [3.05, 3.63) is 46.2 Å². The number of carbonyl (C=O) groups excluding carboxylic acids is 1. The number of sulfonamides is 1. The zero-order valence-corrected chi connectivity index (χ0v) is 18.7. The van der Waals surface area contributed by atoms with E-state index >= 15 is 0 Å². The molecule has 1 amide bonds. The highest BCUT2D eigenvalue weighted by atomic mass is 32.2. The van der Waals surface area contributed by atoms with Crippen molar-refractivity contribution in [3.8, 4) is 0 Å². The second kappa shape index (κ2) is 9.65. The Morgan fingerprint density at radius 1 is 1.21 bits per heavy atom. The summed E-state index contributed by atoms with van der Waals surface area (Å²) in [5.74, 6) is -0.172. The van der Waals surface area contributed by atoms with E-state index in [1.165, 1.54) is 9.18 Å². The minimum absolute atomic E-state index is 0.172. The number of nitrogens with one attached hydrogen (secondary N) is 1. The maximum atomic E-state index is 12.9. The topological polar surface area (TPSA) is 69.7 Å². The fourth-order valence-electron chi connectivity index (χ4n) is 2.89. The molecule has 0 fully saturated rings. The summed E-state index contributed by atoms with van der Waals surface area (Å²) >= 11 is 1.65. The Bertz CT molecular complexity index is 891. The highest BCUT2D eigenvalue weighted by Gasteiger charge is 2.25. The number of carbonyl (C=O) groups is 1. The number of nitrogens with zero attached hydrogens (tertiary/aromatic N) is 2. The molecule has 2 aromatic rings. The van der Waals surface area contributed by atoms with Gasteiger partial charge in [0.25, 0.3) is 0 Å². The fraction of sp³-hybridized carbons (Fsp3) is 0.450. The van der Waals surface area contributed by atoms with Crippen LogP contribution in [0.2, 0.25) is 0 Å². The number of amides is 1. The number of hydrogen-bond donors (Lipinski definition) is 1. The summed E-state index contributed by atoms with van der Waals surface area (Å²) in [5, 5.41) is 4.87. The van der Waals surface area contributed by atoms with Gasteiger partial charge in [-0.25, -0.2) is 8.42 Å². The van der Waals surface area contributed by atoms with Crippen molar-refractivity contribution in [2.75, 3.05) is 25.5 Å². The van der Waals surface area contributed by atoms with Crippen molar-refractivity contribution in [1.29, 1.82) is 0 Å². The summed E-state index contributed by atoms with van der Waals surface area (Å²) in [7, 11) is -1.69. The van der Waals surface area contributed by atoms with Crippen molar-refractivity contribution in [3.63, 3.8) is 0 Å². The molecular weight excluding hydrogens is 394 g/mol. The first-order valence-electron chi connectivity index (χ1n) is 9.35. The van der Waals surface area contributed by atoms with E-state index in [1.54, 1.807) is 36.5 Å². The Kier molecular flexibility index (Phi) is 7.77. The van der Waals surface area contributed by atoms with Gasteiger partial charge in [0.2, 0.25) is 15.9 Å². The van der Waals surface area contributed by atoms with E-state index in [-0.39, 0.29) is 16.8 Å². The molecule has 0 radical (unpaired) electrons. The maximum absolute atomic E-state index is 12.9. The average molecular weight is 424 g/mol. The van der Waals surface area contributed by atoms with E-state index in [0.717, 1.165) is 0 Å². The third kappa shape index (κ3) is 5.20. The van der Waals surface area contributed by atoms with Crippen molar-refractivity contribution >= 4 is 33.0 Å². The summed E-state index contributed by atoms with van der Waals surface area (Å²) in [4.78, 5) is 16.0. The fourth-order valence-corrected chi connectivity index (χ4v) is 5.37. The SMILES string of the molecule is CCN(CC)S(=O)(=O)c1cc(NC(=O)C(C)N(C)Cc2cccs2)ccc1C. The zero-order chi connectivity index (χ0) is 20.9. The largest absolute Gasteiger partial charge is 0.325 e. The van der Waals surface area contributed by atoms with Crippen LogP contribution < -0.4 is 5.32 Å². The zero-order valence-electron chi connectivity index (χ0n) is 17.1. The first kappa shape index (κ1) is 22.5. The molecule has 0 spiro atoms. The Morgan fingerprint density at radius 2 is 1.89 bits per heavy atom. The lowest BCUT2D eigenvalue weighted by molar-refractivity contribution is -0.120. The minimum Gasteiger partial charge on any atom is -0.325 e. The molecule has 0 saturated carbocycles. The minimum atomic E-state index is -3.59. The van der Waals surface area contributed by atoms with Crippen LogP contribution in [-0.4, -0.2) is 49.7 Å². The third-order valence-corrected chi connectivity index (χ3v) is 7.86. The Hall–Kier alpha value is -1.74. The van der Waals surface area contributed by atoms with Crippen LogP contribution in [0.5, 0.6) is 0 Å². The van der Waals surface area contributed by atoms with Gasteiger partial charge in [-0.3, -0.25) is 9.69 Å². The summed E-state index contributed by atoms with van der Waals surface area (Å²) in [5.41, 5.74) is 1.14. The number of rotatable bonds is 9. The van der Waals surface area contributed by atoms with Gasteiger partial charge in [-0.15, -0.1) is 11.3 Å². The number of benzene rings is 1. The third-order valence-electron chi connectivity index (χ3n) is 4.80. The quantitative estimate of drug-likeness (QED) is 0.670.